The Balaban J connectivity index is 0.00000132. The van der Waals surface area contributed by atoms with Gasteiger partial charge >= 0.3 is 1.43 Å². The highest BCUT2D eigenvalue weighted by molar-refractivity contribution is 6.33. The van der Waals surface area contributed by atoms with Crippen LogP contribution in [0.5, 0.6) is 0 Å². The molecule has 1 aliphatic rings. The maximum Gasteiger partial charge on any atom is 1.00 e. The summed E-state index contributed by atoms with van der Waals surface area (Å²) in [5.74, 6) is 0.407. The number of hydrogen-bond acceptors (Lipinski definition) is 3. The summed E-state index contributed by atoms with van der Waals surface area (Å²) in [5, 5.41) is 9.01. The Morgan fingerprint density at radius 3 is 2.77 bits per heavy atom. The molecular formula is C13H12Cl2F2N4O. The zero-order chi connectivity index (χ0) is 15.0. The topological polar surface area (TPSA) is 70.7 Å². The number of aromatic nitrogens is 3. The highest BCUT2D eigenvalue weighted by Crippen LogP contribution is 2.42. The zero-order valence-corrected chi connectivity index (χ0v) is 12.6. The minimum absolute atomic E-state index is 0. The molecule has 1 saturated carbocycles. The third-order valence-corrected chi connectivity index (χ3v) is 3.55. The van der Waals surface area contributed by atoms with E-state index in [1.807, 2.05) is 0 Å². The van der Waals surface area contributed by atoms with Crippen molar-refractivity contribution in [3.63, 3.8) is 0 Å². The van der Waals surface area contributed by atoms with Gasteiger partial charge in [-0.15, -0.1) is 0 Å². The van der Waals surface area contributed by atoms with Crippen LogP contribution >= 0.6 is 11.6 Å². The van der Waals surface area contributed by atoms with E-state index in [2.05, 4.69) is 20.5 Å². The molecule has 118 valence electrons. The van der Waals surface area contributed by atoms with Crippen molar-refractivity contribution in [3.05, 3.63) is 40.3 Å². The van der Waals surface area contributed by atoms with E-state index in [0.29, 0.717) is 11.7 Å². The van der Waals surface area contributed by atoms with Crippen molar-refractivity contribution < 1.29 is 27.4 Å². The first-order chi connectivity index (χ1) is 10.1. The highest BCUT2D eigenvalue weighted by Gasteiger charge is 2.28. The van der Waals surface area contributed by atoms with Crippen LogP contribution in [-0.4, -0.2) is 21.1 Å². The second-order valence-electron chi connectivity index (χ2n) is 4.80. The second-order valence-corrected chi connectivity index (χ2v) is 5.16. The summed E-state index contributed by atoms with van der Waals surface area (Å²) in [6, 6.07) is 2.32. The van der Waals surface area contributed by atoms with Gasteiger partial charge in [0, 0.05) is 5.56 Å². The van der Waals surface area contributed by atoms with Gasteiger partial charge in [0.05, 0.1) is 11.8 Å². The summed E-state index contributed by atoms with van der Waals surface area (Å²) in [6.45, 7) is 0. The molecule has 5 nitrogen and oxygen atoms in total. The number of aromatic amines is 1. The molecule has 0 spiro atoms. The summed E-state index contributed by atoms with van der Waals surface area (Å²) in [4.78, 5) is 15.7. The summed E-state index contributed by atoms with van der Waals surface area (Å²) in [6.07, 6.45) is 1.07. The van der Waals surface area contributed by atoms with Crippen molar-refractivity contribution in [3.8, 4) is 0 Å². The minimum Gasteiger partial charge on any atom is -1.00 e. The van der Waals surface area contributed by atoms with Gasteiger partial charge in [-0.3, -0.25) is 9.89 Å². The van der Waals surface area contributed by atoms with Gasteiger partial charge < -0.3 is 17.7 Å². The maximum absolute atomic E-state index is 12.5. The Labute approximate surface area is 137 Å². The van der Waals surface area contributed by atoms with E-state index in [9.17, 15) is 13.6 Å². The number of rotatable bonds is 4. The third kappa shape index (κ3) is 3.36. The smallest absolute Gasteiger partial charge is 1.00 e. The Morgan fingerprint density at radius 2 is 2.18 bits per heavy atom. The van der Waals surface area contributed by atoms with E-state index >= 15 is 0 Å². The van der Waals surface area contributed by atoms with Gasteiger partial charge in [0.25, 0.3) is 12.3 Å². The lowest BCUT2D eigenvalue weighted by Crippen LogP contribution is -3.00. The number of H-pyrrole nitrogens is 1. The maximum atomic E-state index is 12.5. The Kier molecular flexibility index (Phi) is 4.97. The number of alkyl halides is 2. The van der Waals surface area contributed by atoms with E-state index in [0.717, 1.165) is 24.5 Å². The van der Waals surface area contributed by atoms with Crippen LogP contribution < -0.4 is 17.7 Å². The van der Waals surface area contributed by atoms with Crippen LogP contribution in [0.15, 0.2) is 18.3 Å². The van der Waals surface area contributed by atoms with Crippen molar-refractivity contribution in [2.75, 3.05) is 5.32 Å². The standard InChI is InChI=1S/C13H11ClF2N4O.ClH/c14-10-7(3-4-9(18-10)11(15)16)13(21)19-12-8(5-17-20-12)6-1-2-6;/h3-6,11H,1-2H2,(H2,17,19,20,21);1H. The number of nitrogens with zero attached hydrogens (tertiary/aromatic N) is 2. The Morgan fingerprint density at radius 1 is 1.45 bits per heavy atom. The molecule has 0 bridgehead atoms. The molecule has 2 aromatic heterocycles. The van der Waals surface area contributed by atoms with Crippen molar-refractivity contribution >= 4 is 23.3 Å². The van der Waals surface area contributed by atoms with Gasteiger partial charge in [0.1, 0.15) is 16.7 Å². The fourth-order valence-corrected chi connectivity index (χ4v) is 2.27. The number of carbonyl (C=O) groups is 1. The lowest BCUT2D eigenvalue weighted by Gasteiger charge is -2.07. The summed E-state index contributed by atoms with van der Waals surface area (Å²) in [5.41, 5.74) is 0.519. The lowest BCUT2D eigenvalue weighted by atomic mass is 10.2. The fraction of sp³-hybridized carbons (Fsp3) is 0.308. The molecule has 2 heterocycles. The van der Waals surface area contributed by atoms with E-state index in [1.165, 1.54) is 6.07 Å². The zero-order valence-electron chi connectivity index (χ0n) is 12.1. The molecule has 0 aromatic carbocycles. The number of amides is 1. The Bertz CT molecular complexity index is 694. The van der Waals surface area contributed by atoms with Gasteiger partial charge in [-0.1, -0.05) is 11.6 Å². The molecule has 1 aliphatic carbocycles. The lowest BCUT2D eigenvalue weighted by molar-refractivity contribution is -0.0000151. The van der Waals surface area contributed by atoms with Crippen LogP contribution in [0.4, 0.5) is 14.6 Å². The molecular weight excluding hydrogens is 337 g/mol. The number of nitrogens with one attached hydrogen (secondary N) is 2. The van der Waals surface area contributed by atoms with Gasteiger partial charge in [-0.05, 0) is 30.9 Å². The molecule has 2 aromatic rings. The predicted octanol–water partition coefficient (Wildman–Crippen LogP) is 0.642. The number of carbonyl (C=O) groups excluding carboxylic acids is 1. The molecule has 0 unspecified atom stereocenters. The monoisotopic (exact) mass is 348 g/mol. The molecule has 9 heteroatoms. The van der Waals surface area contributed by atoms with Crippen molar-refractivity contribution in [1.29, 1.82) is 0 Å². The normalized spacial score (nSPS) is 13.8. The third-order valence-electron chi connectivity index (χ3n) is 3.26. The number of halogens is 4. The average molecular weight is 349 g/mol. The van der Waals surface area contributed by atoms with Crippen LogP contribution in [0, 0.1) is 0 Å². The molecule has 0 aliphatic heterocycles. The van der Waals surface area contributed by atoms with E-state index in [1.54, 1.807) is 6.20 Å². The SMILES string of the molecule is O=C(Nc1[nH]ncc1C1CC1)c1ccc(C(F)F)nc1Cl.[Cl-].[H+]. The molecule has 22 heavy (non-hydrogen) atoms. The molecule has 1 amide bonds. The summed E-state index contributed by atoms with van der Waals surface area (Å²) < 4.78 is 25.0. The molecule has 0 atom stereocenters. The van der Waals surface area contributed by atoms with Crippen molar-refractivity contribution in [2.24, 2.45) is 0 Å². The van der Waals surface area contributed by atoms with Gasteiger partial charge in [-0.25, -0.2) is 13.8 Å². The number of hydrogen-bond donors (Lipinski definition) is 2. The minimum atomic E-state index is -2.73. The second kappa shape index (κ2) is 6.58. The van der Waals surface area contributed by atoms with E-state index in [4.69, 9.17) is 11.6 Å². The predicted molar refractivity (Wildman–Crippen MR) is 73.8 cm³/mol. The van der Waals surface area contributed by atoms with E-state index < -0.39 is 18.0 Å². The summed E-state index contributed by atoms with van der Waals surface area (Å²) in [7, 11) is 0. The van der Waals surface area contributed by atoms with Crippen molar-refractivity contribution in [1.82, 2.24) is 15.2 Å². The molecule has 3 rings (SSSR count). The molecule has 2 N–H and O–H groups in total. The van der Waals surface area contributed by atoms with E-state index in [-0.39, 0.29) is 24.6 Å². The van der Waals surface area contributed by atoms with Gasteiger partial charge in [0.2, 0.25) is 0 Å². The Hall–Kier alpha value is -1.73. The largest absolute Gasteiger partial charge is 1.00 e. The molecule has 0 saturated heterocycles. The van der Waals surface area contributed by atoms with Crippen LogP contribution in [-0.2, 0) is 0 Å². The fourth-order valence-electron chi connectivity index (χ4n) is 2.02. The van der Waals surface area contributed by atoms with Crippen LogP contribution in [0.25, 0.3) is 0 Å². The number of anilines is 1. The summed E-state index contributed by atoms with van der Waals surface area (Å²) >= 11 is 5.79. The van der Waals surface area contributed by atoms with Gasteiger partial charge in [-0.2, -0.15) is 5.10 Å². The first-order valence-corrected chi connectivity index (χ1v) is 6.73. The quantitative estimate of drug-likeness (QED) is 0.796. The van der Waals surface area contributed by atoms with Crippen molar-refractivity contribution in [2.45, 2.75) is 25.2 Å². The first kappa shape index (κ1) is 16.6. The van der Waals surface area contributed by atoms with Gasteiger partial charge in [0.15, 0.2) is 0 Å². The first-order valence-electron chi connectivity index (χ1n) is 6.35. The molecule has 1 fully saturated rings. The average Bonchev–Trinajstić information content (AvgIpc) is 3.19. The van der Waals surface area contributed by atoms with Crippen LogP contribution in [0.1, 0.15) is 48.2 Å². The van der Waals surface area contributed by atoms with Crippen LogP contribution in [0.2, 0.25) is 5.15 Å². The highest BCUT2D eigenvalue weighted by atomic mass is 35.5. The van der Waals surface area contributed by atoms with Crippen LogP contribution in [0.3, 0.4) is 0 Å². The number of pyridine rings is 1. The molecule has 0 radical (unpaired) electrons.